The van der Waals surface area contributed by atoms with Gasteiger partial charge in [0.2, 0.25) is 5.82 Å². The second-order valence-electron chi connectivity index (χ2n) is 7.38. The van der Waals surface area contributed by atoms with E-state index in [4.69, 9.17) is 10.00 Å². The Morgan fingerprint density at radius 3 is 2.79 bits per heavy atom. The van der Waals surface area contributed by atoms with Crippen LogP contribution in [0.5, 0.6) is 5.75 Å². The van der Waals surface area contributed by atoms with Crippen LogP contribution in [-0.2, 0) is 4.79 Å². The standard InChI is InChI=1S/C23H17F2N5O3/c1-12-10-27-21(29-20(12)15-5-4-14(24)8-16(15)25)22(31)28-17-11-33-19-7-13(9-26)3-6-18(19)30(2)23(17)32/h3-8,10,17H,11H2,1-2H3,(H,28,31)/t17-/m0/s1. The van der Waals surface area contributed by atoms with Gasteiger partial charge in [-0.15, -0.1) is 0 Å². The number of benzene rings is 2. The highest BCUT2D eigenvalue weighted by Gasteiger charge is 2.31. The third kappa shape index (κ3) is 4.21. The molecule has 1 aromatic heterocycles. The summed E-state index contributed by atoms with van der Waals surface area (Å²) >= 11 is 0. The predicted octanol–water partition coefficient (Wildman–Crippen LogP) is 2.76. The molecule has 2 aromatic carbocycles. The van der Waals surface area contributed by atoms with E-state index in [0.717, 1.165) is 12.1 Å². The number of nitrogens with one attached hydrogen (secondary N) is 1. The van der Waals surface area contributed by atoms with Gasteiger partial charge in [0, 0.05) is 30.9 Å². The van der Waals surface area contributed by atoms with Crippen LogP contribution in [0.15, 0.2) is 42.6 Å². The first-order chi connectivity index (χ1) is 15.8. The number of amides is 2. The van der Waals surface area contributed by atoms with Gasteiger partial charge in [0.25, 0.3) is 11.8 Å². The van der Waals surface area contributed by atoms with Crippen LogP contribution >= 0.6 is 0 Å². The topological polar surface area (TPSA) is 108 Å². The van der Waals surface area contributed by atoms with Crippen LogP contribution in [0.25, 0.3) is 11.3 Å². The largest absolute Gasteiger partial charge is 0.489 e. The van der Waals surface area contributed by atoms with Gasteiger partial charge in [0.15, 0.2) is 0 Å². The molecular weight excluding hydrogens is 432 g/mol. The van der Waals surface area contributed by atoms with Gasteiger partial charge in [-0.1, -0.05) is 0 Å². The van der Waals surface area contributed by atoms with E-state index in [0.29, 0.717) is 22.6 Å². The molecule has 0 aliphatic carbocycles. The zero-order valence-corrected chi connectivity index (χ0v) is 17.6. The predicted molar refractivity (Wildman–Crippen MR) is 113 cm³/mol. The van der Waals surface area contributed by atoms with E-state index in [1.165, 1.54) is 30.3 Å². The average Bonchev–Trinajstić information content (AvgIpc) is 2.91. The number of aromatic nitrogens is 2. The lowest BCUT2D eigenvalue weighted by atomic mass is 10.1. The van der Waals surface area contributed by atoms with E-state index >= 15 is 0 Å². The molecule has 4 rings (SSSR count). The SMILES string of the molecule is Cc1cnc(C(=O)N[C@H]2COc3cc(C#N)ccc3N(C)C2=O)nc1-c1ccc(F)cc1F. The number of halogens is 2. The van der Waals surface area contributed by atoms with Crippen molar-refractivity contribution in [1.82, 2.24) is 15.3 Å². The van der Waals surface area contributed by atoms with Gasteiger partial charge < -0.3 is 15.0 Å². The Labute approximate surface area is 187 Å². The molecule has 8 nitrogen and oxygen atoms in total. The lowest BCUT2D eigenvalue weighted by Gasteiger charge is -2.20. The fraction of sp³-hybridized carbons (Fsp3) is 0.174. The molecule has 1 aliphatic heterocycles. The third-order valence-electron chi connectivity index (χ3n) is 5.15. The first kappa shape index (κ1) is 21.8. The molecule has 0 radical (unpaired) electrons. The van der Waals surface area contributed by atoms with Crippen molar-refractivity contribution in [3.05, 3.63) is 71.2 Å². The highest BCUT2D eigenvalue weighted by Crippen LogP contribution is 2.31. The minimum atomic E-state index is -1.06. The molecule has 33 heavy (non-hydrogen) atoms. The maximum atomic E-state index is 14.3. The van der Waals surface area contributed by atoms with Crippen LogP contribution in [0.4, 0.5) is 14.5 Å². The third-order valence-corrected chi connectivity index (χ3v) is 5.15. The number of carbonyl (C=O) groups is 2. The summed E-state index contributed by atoms with van der Waals surface area (Å²) in [5.74, 6) is -2.72. The quantitative estimate of drug-likeness (QED) is 0.659. The number of aryl methyl sites for hydroxylation is 1. The molecule has 2 amide bonds. The maximum Gasteiger partial charge on any atom is 0.289 e. The Kier molecular flexibility index (Phi) is 5.70. The second-order valence-corrected chi connectivity index (χ2v) is 7.38. The van der Waals surface area contributed by atoms with E-state index in [1.807, 2.05) is 6.07 Å². The monoisotopic (exact) mass is 449 g/mol. The maximum absolute atomic E-state index is 14.3. The molecule has 0 saturated carbocycles. The van der Waals surface area contributed by atoms with Crippen molar-refractivity contribution in [2.45, 2.75) is 13.0 Å². The van der Waals surface area contributed by atoms with Gasteiger partial charge in [0.1, 0.15) is 30.0 Å². The molecule has 1 atom stereocenters. The highest BCUT2D eigenvalue weighted by molar-refractivity contribution is 6.02. The number of nitrogens with zero attached hydrogens (tertiary/aromatic N) is 4. The van der Waals surface area contributed by atoms with E-state index in [1.54, 1.807) is 19.1 Å². The molecule has 0 saturated heterocycles. The van der Waals surface area contributed by atoms with Crippen LogP contribution in [0.1, 0.15) is 21.7 Å². The molecule has 3 aromatic rings. The number of likely N-dealkylation sites (N-methyl/N-ethyl adjacent to an activating group) is 1. The molecule has 1 N–H and O–H groups in total. The van der Waals surface area contributed by atoms with Crippen LogP contribution in [0, 0.1) is 29.9 Å². The van der Waals surface area contributed by atoms with Crippen molar-refractivity contribution in [3.63, 3.8) is 0 Å². The molecule has 0 fully saturated rings. The summed E-state index contributed by atoms with van der Waals surface area (Å²) < 4.78 is 33.2. The number of hydrogen-bond donors (Lipinski definition) is 1. The van der Waals surface area contributed by atoms with E-state index in [-0.39, 0.29) is 23.7 Å². The van der Waals surface area contributed by atoms with Crippen molar-refractivity contribution in [3.8, 4) is 23.1 Å². The summed E-state index contributed by atoms with van der Waals surface area (Å²) in [7, 11) is 1.53. The molecule has 0 spiro atoms. The van der Waals surface area contributed by atoms with E-state index in [9.17, 15) is 18.4 Å². The zero-order chi connectivity index (χ0) is 23.7. The molecule has 0 bridgehead atoms. The molecule has 2 heterocycles. The number of anilines is 1. The van der Waals surface area contributed by atoms with Crippen LogP contribution in [0.2, 0.25) is 0 Å². The Bertz CT molecular complexity index is 1320. The number of ether oxygens (including phenoxy) is 1. The van der Waals surface area contributed by atoms with Crippen molar-refractivity contribution < 1.29 is 23.1 Å². The summed E-state index contributed by atoms with van der Waals surface area (Å²) in [6, 6.07) is 8.64. The Morgan fingerprint density at radius 2 is 2.06 bits per heavy atom. The van der Waals surface area contributed by atoms with Gasteiger partial charge >= 0.3 is 0 Å². The number of nitriles is 1. The van der Waals surface area contributed by atoms with Crippen molar-refractivity contribution in [2.24, 2.45) is 0 Å². The van der Waals surface area contributed by atoms with Crippen LogP contribution in [0.3, 0.4) is 0 Å². The van der Waals surface area contributed by atoms with Crippen molar-refractivity contribution in [2.75, 3.05) is 18.6 Å². The first-order valence-electron chi connectivity index (χ1n) is 9.83. The Morgan fingerprint density at radius 1 is 1.27 bits per heavy atom. The smallest absolute Gasteiger partial charge is 0.289 e. The normalized spacial score (nSPS) is 15.2. The number of fused-ring (bicyclic) bond motifs is 1. The zero-order valence-electron chi connectivity index (χ0n) is 17.6. The first-order valence-corrected chi connectivity index (χ1v) is 9.83. The van der Waals surface area contributed by atoms with Crippen LogP contribution < -0.4 is 15.0 Å². The fourth-order valence-corrected chi connectivity index (χ4v) is 3.41. The molecule has 1 aliphatic rings. The van der Waals surface area contributed by atoms with E-state index < -0.39 is 29.5 Å². The van der Waals surface area contributed by atoms with Crippen molar-refractivity contribution >= 4 is 17.5 Å². The van der Waals surface area contributed by atoms with E-state index in [2.05, 4.69) is 15.3 Å². The van der Waals surface area contributed by atoms with Gasteiger partial charge in [-0.05, 0) is 36.8 Å². The number of carbonyl (C=O) groups excluding carboxylic acids is 2. The summed E-state index contributed by atoms with van der Waals surface area (Å²) in [6.45, 7) is 1.45. The Balaban J connectivity index is 1.58. The molecule has 0 unspecified atom stereocenters. The van der Waals surface area contributed by atoms with Gasteiger partial charge in [-0.3, -0.25) is 9.59 Å². The minimum Gasteiger partial charge on any atom is -0.489 e. The minimum absolute atomic E-state index is 0.0164. The van der Waals surface area contributed by atoms with Crippen molar-refractivity contribution in [1.29, 1.82) is 5.26 Å². The van der Waals surface area contributed by atoms with Gasteiger partial charge in [0.05, 0.1) is 23.0 Å². The summed E-state index contributed by atoms with van der Waals surface area (Å²) in [5, 5.41) is 11.6. The molecule has 166 valence electrons. The molecular formula is C23H17F2N5O3. The molecule has 10 heteroatoms. The highest BCUT2D eigenvalue weighted by atomic mass is 19.1. The fourth-order valence-electron chi connectivity index (χ4n) is 3.41. The summed E-state index contributed by atoms with van der Waals surface area (Å²) in [5.41, 5.74) is 1.45. The van der Waals surface area contributed by atoms with Gasteiger partial charge in [-0.2, -0.15) is 5.26 Å². The Hall–Kier alpha value is -4.39. The van der Waals surface area contributed by atoms with Crippen LogP contribution in [-0.4, -0.2) is 41.5 Å². The average molecular weight is 449 g/mol. The summed E-state index contributed by atoms with van der Waals surface area (Å²) in [4.78, 5) is 35.2. The van der Waals surface area contributed by atoms with Gasteiger partial charge in [-0.25, -0.2) is 18.7 Å². The lowest BCUT2D eigenvalue weighted by molar-refractivity contribution is -0.120. The lowest BCUT2D eigenvalue weighted by Crippen LogP contribution is -2.49. The number of hydrogen-bond acceptors (Lipinski definition) is 6. The second kappa shape index (κ2) is 8.63. The summed E-state index contributed by atoms with van der Waals surface area (Å²) in [6.07, 6.45) is 1.34. The number of rotatable bonds is 3.